The molecule has 0 aliphatic rings. The molecule has 0 heterocycles. The molecule has 1 aromatic rings. The molecule has 0 aliphatic carbocycles. The van der Waals surface area contributed by atoms with E-state index in [1.807, 2.05) is 6.07 Å². The van der Waals surface area contributed by atoms with Crippen LogP contribution in [-0.2, 0) is 6.54 Å². The molecule has 0 spiro atoms. The molecule has 0 aromatic heterocycles. The first-order valence-corrected chi connectivity index (χ1v) is 6.75. The SMILES string of the molecule is CC(C)CN(CCC#N)Cc1cccc(Br)c1. The van der Waals surface area contributed by atoms with Gasteiger partial charge >= 0.3 is 0 Å². The quantitative estimate of drug-likeness (QED) is 0.797. The molecule has 0 aliphatic heterocycles. The van der Waals surface area contributed by atoms with E-state index in [2.05, 4.69) is 58.9 Å². The van der Waals surface area contributed by atoms with Gasteiger partial charge in [0.1, 0.15) is 0 Å². The van der Waals surface area contributed by atoms with Gasteiger partial charge in [0.25, 0.3) is 0 Å². The van der Waals surface area contributed by atoms with Crippen molar-refractivity contribution >= 4 is 15.9 Å². The van der Waals surface area contributed by atoms with Crippen molar-refractivity contribution in [2.24, 2.45) is 5.92 Å². The maximum absolute atomic E-state index is 8.68. The van der Waals surface area contributed by atoms with Crippen LogP contribution in [0.5, 0.6) is 0 Å². The Morgan fingerprint density at radius 3 is 2.76 bits per heavy atom. The number of benzene rings is 1. The first-order valence-electron chi connectivity index (χ1n) is 5.95. The maximum Gasteiger partial charge on any atom is 0.0635 e. The van der Waals surface area contributed by atoms with Crippen LogP contribution in [0.25, 0.3) is 0 Å². The smallest absolute Gasteiger partial charge is 0.0635 e. The van der Waals surface area contributed by atoms with Gasteiger partial charge in [0.15, 0.2) is 0 Å². The van der Waals surface area contributed by atoms with Crippen molar-refractivity contribution < 1.29 is 0 Å². The van der Waals surface area contributed by atoms with E-state index in [0.29, 0.717) is 12.3 Å². The minimum atomic E-state index is 0.598. The minimum absolute atomic E-state index is 0.598. The van der Waals surface area contributed by atoms with E-state index < -0.39 is 0 Å². The molecule has 1 aromatic carbocycles. The summed E-state index contributed by atoms with van der Waals surface area (Å²) in [6.07, 6.45) is 0.598. The summed E-state index contributed by atoms with van der Waals surface area (Å²) in [5.74, 6) is 0.626. The Balaban J connectivity index is 2.61. The van der Waals surface area contributed by atoms with E-state index in [1.165, 1.54) is 5.56 Å². The highest BCUT2D eigenvalue weighted by Crippen LogP contribution is 2.14. The lowest BCUT2D eigenvalue weighted by molar-refractivity contribution is 0.241. The van der Waals surface area contributed by atoms with Crippen LogP contribution >= 0.6 is 15.9 Å². The molecule has 92 valence electrons. The Morgan fingerprint density at radius 2 is 2.18 bits per heavy atom. The Bertz CT molecular complexity index is 382. The molecule has 2 nitrogen and oxygen atoms in total. The Labute approximate surface area is 112 Å². The van der Waals surface area contributed by atoms with Gasteiger partial charge in [-0.2, -0.15) is 5.26 Å². The average Bonchev–Trinajstić information content (AvgIpc) is 2.25. The fraction of sp³-hybridized carbons (Fsp3) is 0.500. The van der Waals surface area contributed by atoms with Gasteiger partial charge in [-0.15, -0.1) is 0 Å². The molecule has 0 saturated carbocycles. The zero-order valence-corrected chi connectivity index (χ0v) is 12.1. The predicted molar refractivity (Wildman–Crippen MR) is 74.5 cm³/mol. The first kappa shape index (κ1) is 14.2. The summed E-state index contributed by atoms with van der Waals surface area (Å²) in [5.41, 5.74) is 1.29. The lowest BCUT2D eigenvalue weighted by atomic mass is 10.1. The van der Waals surface area contributed by atoms with Crippen molar-refractivity contribution in [3.05, 3.63) is 34.3 Å². The van der Waals surface area contributed by atoms with Crippen LogP contribution in [0.3, 0.4) is 0 Å². The lowest BCUT2D eigenvalue weighted by Crippen LogP contribution is -2.28. The van der Waals surface area contributed by atoms with Gasteiger partial charge in [-0.3, -0.25) is 4.90 Å². The maximum atomic E-state index is 8.68. The largest absolute Gasteiger partial charge is 0.298 e. The molecule has 0 bridgehead atoms. The lowest BCUT2D eigenvalue weighted by Gasteiger charge is -2.23. The molecule has 0 atom stereocenters. The van der Waals surface area contributed by atoms with Gasteiger partial charge < -0.3 is 0 Å². The van der Waals surface area contributed by atoms with Gasteiger partial charge in [0.05, 0.1) is 6.07 Å². The normalized spacial score (nSPS) is 10.8. The van der Waals surface area contributed by atoms with Crippen LogP contribution in [0.1, 0.15) is 25.8 Å². The third-order valence-electron chi connectivity index (χ3n) is 2.46. The van der Waals surface area contributed by atoms with E-state index in [-0.39, 0.29) is 0 Å². The van der Waals surface area contributed by atoms with Crippen molar-refractivity contribution in [3.63, 3.8) is 0 Å². The second-order valence-corrected chi connectivity index (χ2v) is 5.58. The number of nitriles is 1. The van der Waals surface area contributed by atoms with Crippen LogP contribution < -0.4 is 0 Å². The summed E-state index contributed by atoms with van der Waals surface area (Å²) in [6.45, 7) is 7.22. The summed E-state index contributed by atoms with van der Waals surface area (Å²) in [7, 11) is 0. The highest BCUT2D eigenvalue weighted by molar-refractivity contribution is 9.10. The van der Waals surface area contributed by atoms with E-state index in [1.54, 1.807) is 0 Å². The molecule has 0 saturated heterocycles. The number of rotatable bonds is 6. The van der Waals surface area contributed by atoms with Crippen molar-refractivity contribution in [1.82, 2.24) is 4.90 Å². The highest BCUT2D eigenvalue weighted by atomic mass is 79.9. The zero-order chi connectivity index (χ0) is 12.7. The highest BCUT2D eigenvalue weighted by Gasteiger charge is 2.08. The van der Waals surface area contributed by atoms with Crippen molar-refractivity contribution in [2.75, 3.05) is 13.1 Å². The summed E-state index contributed by atoms with van der Waals surface area (Å²) >= 11 is 3.48. The molecular weight excluding hydrogens is 276 g/mol. The Morgan fingerprint density at radius 1 is 1.41 bits per heavy atom. The monoisotopic (exact) mass is 294 g/mol. The van der Waals surface area contributed by atoms with E-state index >= 15 is 0 Å². The molecule has 0 radical (unpaired) electrons. The Kier molecular flexibility index (Phi) is 6.25. The number of halogens is 1. The third-order valence-corrected chi connectivity index (χ3v) is 2.95. The molecule has 0 N–H and O–H groups in total. The van der Waals surface area contributed by atoms with Gasteiger partial charge in [0, 0.05) is 30.5 Å². The third kappa shape index (κ3) is 5.86. The van der Waals surface area contributed by atoms with Gasteiger partial charge in [-0.05, 0) is 23.6 Å². The summed E-state index contributed by atoms with van der Waals surface area (Å²) in [5, 5.41) is 8.68. The van der Waals surface area contributed by atoms with Crippen LogP contribution in [0.4, 0.5) is 0 Å². The molecular formula is C14H19BrN2. The number of nitrogens with zero attached hydrogens (tertiary/aromatic N) is 2. The summed E-state index contributed by atoms with van der Waals surface area (Å²) < 4.78 is 1.11. The molecule has 17 heavy (non-hydrogen) atoms. The van der Waals surface area contributed by atoms with Gasteiger partial charge in [-0.1, -0.05) is 41.9 Å². The van der Waals surface area contributed by atoms with Crippen LogP contribution in [0.15, 0.2) is 28.7 Å². The molecule has 3 heteroatoms. The fourth-order valence-corrected chi connectivity index (χ4v) is 2.30. The Hall–Kier alpha value is -0.850. The van der Waals surface area contributed by atoms with E-state index in [4.69, 9.17) is 5.26 Å². The van der Waals surface area contributed by atoms with Crippen LogP contribution in [0.2, 0.25) is 0 Å². The molecule has 0 unspecified atom stereocenters. The van der Waals surface area contributed by atoms with Gasteiger partial charge in [0.2, 0.25) is 0 Å². The summed E-state index contributed by atoms with van der Waals surface area (Å²) in [4.78, 5) is 2.34. The first-order chi connectivity index (χ1) is 8.11. The number of hydrogen-bond donors (Lipinski definition) is 0. The molecule has 1 rings (SSSR count). The van der Waals surface area contributed by atoms with Crippen LogP contribution in [-0.4, -0.2) is 18.0 Å². The minimum Gasteiger partial charge on any atom is -0.298 e. The second kappa shape index (κ2) is 7.47. The predicted octanol–water partition coefficient (Wildman–Crippen LogP) is 3.82. The second-order valence-electron chi connectivity index (χ2n) is 4.67. The zero-order valence-electron chi connectivity index (χ0n) is 10.5. The fourth-order valence-electron chi connectivity index (χ4n) is 1.85. The molecule has 0 amide bonds. The van der Waals surface area contributed by atoms with E-state index in [9.17, 15) is 0 Å². The van der Waals surface area contributed by atoms with Crippen molar-refractivity contribution in [1.29, 1.82) is 5.26 Å². The standard InChI is InChI=1S/C14H19BrN2/c1-12(2)10-17(8-4-7-16)11-13-5-3-6-14(15)9-13/h3,5-6,9,12H,4,8,10-11H2,1-2H3. The van der Waals surface area contributed by atoms with E-state index in [0.717, 1.165) is 24.1 Å². The summed E-state index contributed by atoms with van der Waals surface area (Å²) in [6, 6.07) is 10.6. The molecule has 0 fully saturated rings. The van der Waals surface area contributed by atoms with Crippen LogP contribution in [0, 0.1) is 17.2 Å². The average molecular weight is 295 g/mol. The number of hydrogen-bond acceptors (Lipinski definition) is 2. The topological polar surface area (TPSA) is 27.0 Å². The van der Waals surface area contributed by atoms with Gasteiger partial charge in [-0.25, -0.2) is 0 Å². The van der Waals surface area contributed by atoms with Crippen molar-refractivity contribution in [3.8, 4) is 6.07 Å². The van der Waals surface area contributed by atoms with Crippen molar-refractivity contribution in [2.45, 2.75) is 26.8 Å².